The van der Waals surface area contributed by atoms with Gasteiger partial charge in [-0.15, -0.1) is 0 Å². The number of halogens is 2. The third kappa shape index (κ3) is 4.83. The number of ether oxygens (including phenoxy) is 1. The van der Waals surface area contributed by atoms with Crippen LogP contribution in [0, 0.1) is 17.6 Å². The van der Waals surface area contributed by atoms with Crippen molar-refractivity contribution in [2.45, 2.75) is 20.4 Å². The molecule has 4 heteroatoms. The van der Waals surface area contributed by atoms with Crippen molar-refractivity contribution in [3.63, 3.8) is 0 Å². The molecular formula is C17H19F2NO. The Morgan fingerprint density at radius 2 is 1.76 bits per heavy atom. The van der Waals surface area contributed by atoms with Gasteiger partial charge in [0.25, 0.3) is 0 Å². The first kappa shape index (κ1) is 15.4. The van der Waals surface area contributed by atoms with Crippen LogP contribution in [-0.4, -0.2) is 6.54 Å². The van der Waals surface area contributed by atoms with Gasteiger partial charge in [0.15, 0.2) is 11.6 Å². The Kier molecular flexibility index (Phi) is 5.28. The maximum atomic E-state index is 13.5. The molecule has 0 aliphatic heterocycles. The Hall–Kier alpha value is -1.94. The molecule has 0 heterocycles. The van der Waals surface area contributed by atoms with E-state index >= 15 is 0 Å². The molecule has 2 nitrogen and oxygen atoms in total. The molecule has 2 rings (SSSR count). The van der Waals surface area contributed by atoms with E-state index < -0.39 is 11.6 Å². The van der Waals surface area contributed by atoms with Crippen LogP contribution in [0.5, 0.6) is 11.5 Å². The Balaban J connectivity index is 1.95. The molecule has 0 spiro atoms. The van der Waals surface area contributed by atoms with Crippen molar-refractivity contribution in [2.24, 2.45) is 5.92 Å². The summed E-state index contributed by atoms with van der Waals surface area (Å²) < 4.78 is 31.7. The van der Waals surface area contributed by atoms with Gasteiger partial charge in [0.05, 0.1) is 0 Å². The molecule has 0 atom stereocenters. The van der Waals surface area contributed by atoms with Gasteiger partial charge >= 0.3 is 0 Å². The molecule has 0 saturated carbocycles. The Morgan fingerprint density at radius 3 is 2.38 bits per heavy atom. The molecule has 0 aromatic heterocycles. The maximum Gasteiger partial charge on any atom is 0.168 e. The second-order valence-corrected chi connectivity index (χ2v) is 5.35. The van der Waals surface area contributed by atoms with Gasteiger partial charge in [-0.25, -0.2) is 8.78 Å². The number of hydrogen-bond donors (Lipinski definition) is 1. The van der Waals surface area contributed by atoms with Crippen molar-refractivity contribution in [1.82, 2.24) is 5.32 Å². The van der Waals surface area contributed by atoms with Gasteiger partial charge in [-0.05, 0) is 42.3 Å². The summed E-state index contributed by atoms with van der Waals surface area (Å²) in [7, 11) is 0. The lowest BCUT2D eigenvalue weighted by molar-refractivity contribution is 0.437. The number of hydrogen-bond acceptors (Lipinski definition) is 2. The fourth-order valence-electron chi connectivity index (χ4n) is 1.87. The van der Waals surface area contributed by atoms with Crippen LogP contribution in [0.15, 0.2) is 42.5 Å². The maximum absolute atomic E-state index is 13.5. The number of rotatable bonds is 6. The summed E-state index contributed by atoms with van der Waals surface area (Å²) >= 11 is 0. The van der Waals surface area contributed by atoms with Crippen LogP contribution in [-0.2, 0) is 6.54 Å². The minimum atomic E-state index is -0.710. The highest BCUT2D eigenvalue weighted by molar-refractivity contribution is 5.34. The molecule has 2 aromatic rings. The Bertz CT molecular complexity index is 582. The molecule has 0 aliphatic carbocycles. The van der Waals surface area contributed by atoms with Crippen molar-refractivity contribution in [3.05, 3.63) is 59.7 Å². The third-order valence-electron chi connectivity index (χ3n) is 2.93. The lowest BCUT2D eigenvalue weighted by Crippen LogP contribution is -2.18. The fraction of sp³-hybridized carbons (Fsp3) is 0.294. The standard InChI is InChI=1S/C17H19F2NO/c1-12(2)10-20-11-13-3-6-15(7-4-13)21-17-8-5-14(18)9-16(17)19/h3-9,12,20H,10-11H2,1-2H3. The van der Waals surface area contributed by atoms with Gasteiger partial charge in [-0.1, -0.05) is 26.0 Å². The van der Waals surface area contributed by atoms with Gasteiger partial charge < -0.3 is 10.1 Å². The topological polar surface area (TPSA) is 21.3 Å². The van der Waals surface area contributed by atoms with Crippen molar-refractivity contribution in [2.75, 3.05) is 6.54 Å². The zero-order valence-corrected chi connectivity index (χ0v) is 12.2. The molecule has 2 aromatic carbocycles. The third-order valence-corrected chi connectivity index (χ3v) is 2.93. The summed E-state index contributed by atoms with van der Waals surface area (Å²) in [5.41, 5.74) is 1.13. The van der Waals surface area contributed by atoms with E-state index in [1.54, 1.807) is 12.1 Å². The van der Waals surface area contributed by atoms with E-state index in [1.165, 1.54) is 12.1 Å². The average Bonchev–Trinajstić information content (AvgIpc) is 2.43. The van der Waals surface area contributed by atoms with Crippen LogP contribution in [0.2, 0.25) is 0 Å². The van der Waals surface area contributed by atoms with Gasteiger partial charge in [-0.2, -0.15) is 0 Å². The minimum absolute atomic E-state index is 0.0158. The van der Waals surface area contributed by atoms with Gasteiger partial charge in [-0.3, -0.25) is 0 Å². The molecule has 0 amide bonds. The molecule has 0 aliphatic rings. The molecule has 0 saturated heterocycles. The van der Waals surface area contributed by atoms with Gasteiger partial charge in [0.1, 0.15) is 11.6 Å². The SMILES string of the molecule is CC(C)CNCc1ccc(Oc2ccc(F)cc2F)cc1. The summed E-state index contributed by atoms with van der Waals surface area (Å²) in [6.45, 7) is 6.05. The lowest BCUT2D eigenvalue weighted by atomic mass is 10.2. The number of nitrogens with one attached hydrogen (secondary N) is 1. The van der Waals surface area contributed by atoms with E-state index in [4.69, 9.17) is 4.74 Å². The van der Waals surface area contributed by atoms with Gasteiger partial charge in [0, 0.05) is 12.6 Å². The van der Waals surface area contributed by atoms with Gasteiger partial charge in [0.2, 0.25) is 0 Å². The van der Waals surface area contributed by atoms with Crippen LogP contribution < -0.4 is 10.1 Å². The normalized spacial score (nSPS) is 10.9. The summed E-state index contributed by atoms with van der Waals surface area (Å²) in [4.78, 5) is 0. The predicted octanol–water partition coefficient (Wildman–Crippen LogP) is 4.50. The molecule has 0 bridgehead atoms. The van der Waals surface area contributed by atoms with Crippen LogP contribution in [0.1, 0.15) is 19.4 Å². The van der Waals surface area contributed by atoms with E-state index in [0.717, 1.165) is 24.7 Å². The summed E-state index contributed by atoms with van der Waals surface area (Å²) in [5, 5.41) is 3.34. The van der Waals surface area contributed by atoms with Crippen molar-refractivity contribution in [3.8, 4) is 11.5 Å². The zero-order valence-electron chi connectivity index (χ0n) is 12.2. The Morgan fingerprint density at radius 1 is 1.05 bits per heavy atom. The van der Waals surface area contributed by atoms with E-state index in [-0.39, 0.29) is 5.75 Å². The molecule has 1 N–H and O–H groups in total. The van der Waals surface area contributed by atoms with Crippen LogP contribution >= 0.6 is 0 Å². The summed E-state index contributed by atoms with van der Waals surface area (Å²) in [6.07, 6.45) is 0. The highest BCUT2D eigenvalue weighted by atomic mass is 19.1. The summed E-state index contributed by atoms with van der Waals surface area (Å²) in [5.74, 6) is -0.187. The first-order valence-corrected chi connectivity index (χ1v) is 6.97. The Labute approximate surface area is 123 Å². The quantitative estimate of drug-likeness (QED) is 0.846. The largest absolute Gasteiger partial charge is 0.454 e. The van der Waals surface area contributed by atoms with E-state index in [9.17, 15) is 8.78 Å². The minimum Gasteiger partial charge on any atom is -0.454 e. The van der Waals surface area contributed by atoms with Crippen molar-refractivity contribution >= 4 is 0 Å². The molecule has 0 radical (unpaired) electrons. The molecular weight excluding hydrogens is 272 g/mol. The fourth-order valence-corrected chi connectivity index (χ4v) is 1.87. The second-order valence-electron chi connectivity index (χ2n) is 5.35. The summed E-state index contributed by atoms with van der Waals surface area (Å²) in [6, 6.07) is 10.6. The highest BCUT2D eigenvalue weighted by Gasteiger charge is 2.06. The molecule has 0 unspecified atom stereocenters. The highest BCUT2D eigenvalue weighted by Crippen LogP contribution is 2.25. The molecule has 21 heavy (non-hydrogen) atoms. The van der Waals surface area contributed by atoms with Crippen molar-refractivity contribution < 1.29 is 13.5 Å². The van der Waals surface area contributed by atoms with E-state index in [1.807, 2.05) is 12.1 Å². The smallest absolute Gasteiger partial charge is 0.168 e. The van der Waals surface area contributed by atoms with Crippen LogP contribution in [0.3, 0.4) is 0 Å². The first-order valence-electron chi connectivity index (χ1n) is 6.97. The van der Waals surface area contributed by atoms with Crippen LogP contribution in [0.25, 0.3) is 0 Å². The lowest BCUT2D eigenvalue weighted by Gasteiger charge is -2.09. The van der Waals surface area contributed by atoms with Crippen molar-refractivity contribution in [1.29, 1.82) is 0 Å². The monoisotopic (exact) mass is 291 g/mol. The molecule has 0 fully saturated rings. The van der Waals surface area contributed by atoms with E-state index in [2.05, 4.69) is 19.2 Å². The van der Waals surface area contributed by atoms with E-state index in [0.29, 0.717) is 11.7 Å². The molecule has 112 valence electrons. The number of benzene rings is 2. The first-order chi connectivity index (χ1) is 10.0. The average molecular weight is 291 g/mol. The second kappa shape index (κ2) is 7.18. The predicted molar refractivity (Wildman–Crippen MR) is 79.4 cm³/mol. The van der Waals surface area contributed by atoms with Crippen LogP contribution in [0.4, 0.5) is 8.78 Å². The zero-order chi connectivity index (χ0) is 15.2.